The Morgan fingerprint density at radius 1 is 0.946 bits per heavy atom. The van der Waals surface area contributed by atoms with Crippen molar-refractivity contribution >= 4 is 11.6 Å². The molecule has 2 atom stereocenters. The quantitative estimate of drug-likeness (QED) is 0.357. The van der Waals surface area contributed by atoms with Gasteiger partial charge in [0.05, 0.1) is 30.2 Å². The summed E-state index contributed by atoms with van der Waals surface area (Å²) in [5.74, 6) is -0.596. The number of carbonyl (C=O) groups is 1. The molecule has 1 amide bonds. The van der Waals surface area contributed by atoms with Crippen LogP contribution in [0, 0.1) is 0 Å². The number of rotatable bonds is 9. The maximum atomic E-state index is 13.7. The van der Waals surface area contributed by atoms with Crippen LogP contribution < -0.4 is 10.6 Å². The summed E-state index contributed by atoms with van der Waals surface area (Å²) in [7, 11) is 1.35. The number of ether oxygens (including phenoxy) is 1. The maximum Gasteiger partial charge on any atom is 0.423 e. The average molecular weight is 546 g/mol. The normalized spacial score (nSPS) is 15.1. The summed E-state index contributed by atoms with van der Waals surface area (Å²) in [6, 6.07) is 4.31. The molecular weight excluding hydrogens is 523 g/mol. The maximum absolute atomic E-state index is 13.7. The molecule has 0 aliphatic carbocycles. The lowest BCUT2D eigenvalue weighted by Gasteiger charge is -2.32. The summed E-state index contributed by atoms with van der Waals surface area (Å²) >= 11 is 0. The second kappa shape index (κ2) is 11.2. The smallest absolute Gasteiger partial charge is 0.381 e. The van der Waals surface area contributed by atoms with Gasteiger partial charge in [0, 0.05) is 19.3 Å². The van der Waals surface area contributed by atoms with E-state index in [0.29, 0.717) is 24.3 Å². The van der Waals surface area contributed by atoms with Crippen LogP contribution in [0.4, 0.5) is 45.2 Å². The van der Waals surface area contributed by atoms with Crippen molar-refractivity contribution in [2.75, 3.05) is 19.0 Å². The lowest BCUT2D eigenvalue weighted by molar-refractivity contribution is -0.260. The minimum Gasteiger partial charge on any atom is -0.381 e. The van der Waals surface area contributed by atoms with Crippen LogP contribution >= 0.6 is 0 Å². The lowest BCUT2D eigenvalue weighted by atomic mass is 9.91. The molecule has 2 rings (SSSR count). The van der Waals surface area contributed by atoms with Crippen molar-refractivity contribution < 1.29 is 54.2 Å². The van der Waals surface area contributed by atoms with E-state index in [2.05, 4.69) is 5.32 Å². The van der Waals surface area contributed by atoms with E-state index in [4.69, 9.17) is 4.74 Å². The third-order valence-corrected chi connectivity index (χ3v) is 5.45. The van der Waals surface area contributed by atoms with Crippen LogP contribution in [-0.4, -0.2) is 36.9 Å². The summed E-state index contributed by atoms with van der Waals surface area (Å²) in [5, 5.41) is 14.7. The van der Waals surface area contributed by atoms with Crippen LogP contribution in [0.25, 0.3) is 0 Å². The van der Waals surface area contributed by atoms with Crippen molar-refractivity contribution in [3.63, 3.8) is 0 Å². The van der Waals surface area contributed by atoms with Gasteiger partial charge in [-0.2, -0.15) is 39.5 Å². The first-order chi connectivity index (χ1) is 16.9. The van der Waals surface area contributed by atoms with Gasteiger partial charge in [-0.05, 0) is 42.3 Å². The molecule has 0 aliphatic heterocycles. The van der Waals surface area contributed by atoms with Gasteiger partial charge < -0.3 is 20.5 Å². The second-order valence-corrected chi connectivity index (χ2v) is 8.19. The number of hydrogen-bond donors (Lipinski definition) is 3. The molecule has 2 aromatic carbocycles. The van der Waals surface area contributed by atoms with Crippen molar-refractivity contribution in [3.05, 3.63) is 64.7 Å². The highest BCUT2D eigenvalue weighted by Gasteiger charge is 2.55. The SMILES string of the molecule is CO[C@@H](C)CC(=O)NCc1ccc(NC[C@](O)(c2cccc(C(F)(F)F)c2)C(F)(F)F)cc1C(F)(F)F. The van der Waals surface area contributed by atoms with E-state index >= 15 is 0 Å². The van der Waals surface area contributed by atoms with Crippen molar-refractivity contribution in [2.24, 2.45) is 0 Å². The topological polar surface area (TPSA) is 70.6 Å². The predicted octanol–water partition coefficient (Wildman–Crippen LogP) is 5.63. The molecule has 0 saturated carbocycles. The standard InChI is InChI=1S/C23H23F9N2O3/c1-13(37-2)8-19(35)33-11-14-6-7-17(10-18(14)22(27,28)29)34-12-20(36,23(30,31)32)15-4-3-5-16(9-15)21(24,25)26/h3-7,9-10,13,34,36H,8,11-12H2,1-2H3,(H,33,35)/t13-,20-/m0/s1. The number of benzene rings is 2. The highest BCUT2D eigenvalue weighted by Crippen LogP contribution is 2.41. The van der Waals surface area contributed by atoms with E-state index in [1.807, 2.05) is 5.32 Å². The van der Waals surface area contributed by atoms with Gasteiger partial charge in [-0.3, -0.25) is 4.79 Å². The van der Waals surface area contributed by atoms with Crippen molar-refractivity contribution in [1.82, 2.24) is 5.32 Å². The van der Waals surface area contributed by atoms with E-state index in [0.717, 1.165) is 12.1 Å². The molecule has 0 spiro atoms. The summed E-state index contributed by atoms with van der Waals surface area (Å²) in [5.41, 5.74) is -8.61. The second-order valence-electron chi connectivity index (χ2n) is 8.19. The first kappa shape index (κ1) is 30.2. The van der Waals surface area contributed by atoms with Gasteiger partial charge >= 0.3 is 18.5 Å². The van der Waals surface area contributed by atoms with E-state index in [9.17, 15) is 49.4 Å². The summed E-state index contributed by atoms with van der Waals surface area (Å²) in [6.45, 7) is -0.454. The molecule has 2 aromatic rings. The van der Waals surface area contributed by atoms with Crippen LogP contribution in [0.5, 0.6) is 0 Å². The fourth-order valence-corrected chi connectivity index (χ4v) is 3.26. The summed E-state index contributed by atoms with van der Waals surface area (Å²) < 4.78 is 126. The molecule has 0 fully saturated rings. The van der Waals surface area contributed by atoms with E-state index in [-0.39, 0.29) is 18.1 Å². The van der Waals surface area contributed by atoms with Crippen molar-refractivity contribution in [1.29, 1.82) is 0 Å². The highest BCUT2D eigenvalue weighted by atomic mass is 19.4. The Hall–Kier alpha value is -3.00. The number of hydrogen-bond acceptors (Lipinski definition) is 4. The number of methoxy groups -OCH3 is 1. The predicted molar refractivity (Wildman–Crippen MR) is 114 cm³/mol. The van der Waals surface area contributed by atoms with Gasteiger partial charge in [-0.1, -0.05) is 18.2 Å². The van der Waals surface area contributed by atoms with Crippen LogP contribution in [0.15, 0.2) is 42.5 Å². The molecular formula is C23H23F9N2O3. The van der Waals surface area contributed by atoms with Crippen LogP contribution in [0.2, 0.25) is 0 Å². The van der Waals surface area contributed by atoms with Gasteiger partial charge in [0.25, 0.3) is 0 Å². The Bertz CT molecular complexity index is 1080. The van der Waals surface area contributed by atoms with Gasteiger partial charge in [0.1, 0.15) is 0 Å². The molecule has 0 radical (unpaired) electrons. The Morgan fingerprint density at radius 2 is 1.57 bits per heavy atom. The zero-order valence-corrected chi connectivity index (χ0v) is 19.4. The molecule has 0 aliphatic rings. The lowest BCUT2D eigenvalue weighted by Crippen LogP contribution is -2.48. The Balaban J connectivity index is 2.32. The van der Waals surface area contributed by atoms with Crippen LogP contribution in [-0.2, 0) is 34.0 Å². The largest absolute Gasteiger partial charge is 0.423 e. The number of alkyl halides is 9. The van der Waals surface area contributed by atoms with Crippen LogP contribution in [0.3, 0.4) is 0 Å². The van der Waals surface area contributed by atoms with Crippen LogP contribution in [0.1, 0.15) is 35.6 Å². The van der Waals surface area contributed by atoms with E-state index < -0.39 is 71.6 Å². The fraction of sp³-hybridized carbons (Fsp3) is 0.435. The molecule has 0 heterocycles. The third kappa shape index (κ3) is 7.74. The first-order valence-corrected chi connectivity index (χ1v) is 10.6. The third-order valence-electron chi connectivity index (χ3n) is 5.45. The first-order valence-electron chi connectivity index (χ1n) is 10.6. The number of aliphatic hydroxyl groups is 1. The van der Waals surface area contributed by atoms with Gasteiger partial charge in [-0.15, -0.1) is 0 Å². The summed E-state index contributed by atoms with van der Waals surface area (Å²) in [6.07, 6.45) is -16.1. The van der Waals surface area contributed by atoms with Gasteiger partial charge in [0.2, 0.25) is 11.5 Å². The zero-order chi connectivity index (χ0) is 28.2. The summed E-state index contributed by atoms with van der Waals surface area (Å²) in [4.78, 5) is 11.9. The Morgan fingerprint density at radius 3 is 2.11 bits per heavy atom. The molecule has 14 heteroatoms. The zero-order valence-electron chi connectivity index (χ0n) is 19.4. The van der Waals surface area contributed by atoms with E-state index in [1.54, 1.807) is 6.92 Å². The number of anilines is 1. The molecule has 37 heavy (non-hydrogen) atoms. The van der Waals surface area contributed by atoms with Crippen molar-refractivity contribution in [3.8, 4) is 0 Å². The monoisotopic (exact) mass is 546 g/mol. The van der Waals surface area contributed by atoms with Gasteiger partial charge in [0.15, 0.2) is 0 Å². The number of nitrogens with one attached hydrogen (secondary N) is 2. The number of amides is 1. The molecule has 5 nitrogen and oxygen atoms in total. The molecule has 0 bridgehead atoms. The molecule has 206 valence electrons. The van der Waals surface area contributed by atoms with Crippen molar-refractivity contribution in [2.45, 2.75) is 50.1 Å². The molecule has 0 unspecified atom stereocenters. The molecule has 0 saturated heterocycles. The van der Waals surface area contributed by atoms with Gasteiger partial charge in [-0.25, -0.2) is 0 Å². The Kier molecular flexibility index (Phi) is 9.13. The highest BCUT2D eigenvalue weighted by molar-refractivity contribution is 5.76. The Labute approximate surface area is 205 Å². The minimum atomic E-state index is -5.49. The fourth-order valence-electron chi connectivity index (χ4n) is 3.26. The number of halogens is 9. The minimum absolute atomic E-state index is 0.118. The average Bonchev–Trinajstić information content (AvgIpc) is 2.79. The molecule has 0 aromatic heterocycles. The van der Waals surface area contributed by atoms with E-state index in [1.165, 1.54) is 7.11 Å². The molecule has 3 N–H and O–H groups in total. The number of carbonyl (C=O) groups excluding carboxylic acids is 1.